The predicted molar refractivity (Wildman–Crippen MR) is 86.6 cm³/mol. The zero-order valence-corrected chi connectivity index (χ0v) is 14.3. The van der Waals surface area contributed by atoms with Gasteiger partial charge in [-0.25, -0.2) is 0 Å². The molecule has 0 saturated carbocycles. The minimum absolute atomic E-state index is 0.0396. The highest BCUT2D eigenvalue weighted by Crippen LogP contribution is 2.38. The molecule has 1 N–H and O–H groups in total. The summed E-state index contributed by atoms with van der Waals surface area (Å²) >= 11 is 0. The summed E-state index contributed by atoms with van der Waals surface area (Å²) in [6, 6.07) is 4.96. The molecule has 2 rings (SSSR count). The van der Waals surface area contributed by atoms with Crippen LogP contribution in [0.5, 0.6) is 0 Å². The van der Waals surface area contributed by atoms with Gasteiger partial charge >= 0.3 is 6.18 Å². The molecule has 0 radical (unpaired) electrons. The van der Waals surface area contributed by atoms with Crippen LogP contribution >= 0.6 is 0 Å². The summed E-state index contributed by atoms with van der Waals surface area (Å²) in [5.41, 5.74) is 0.694. The number of H-pyrrole nitrogens is 1. The van der Waals surface area contributed by atoms with Crippen molar-refractivity contribution >= 4 is 25.3 Å². The van der Waals surface area contributed by atoms with Crippen LogP contribution in [0.25, 0.3) is 10.9 Å². The van der Waals surface area contributed by atoms with E-state index in [2.05, 4.69) is 24.6 Å². The Morgan fingerprint density at radius 3 is 2.57 bits per heavy atom. The van der Waals surface area contributed by atoms with Crippen molar-refractivity contribution in [1.82, 2.24) is 4.98 Å². The molecule has 1 heterocycles. The SMILES string of the molecule is C[Si](C)(C)CCOC(c1cc(C=O)c2[nH]ccc2c1)C(F)(F)F. The summed E-state index contributed by atoms with van der Waals surface area (Å²) in [6.45, 7) is 6.29. The maximum atomic E-state index is 13.4. The van der Waals surface area contributed by atoms with Crippen LogP contribution in [0.4, 0.5) is 13.2 Å². The lowest BCUT2D eigenvalue weighted by Crippen LogP contribution is -2.27. The quantitative estimate of drug-likeness (QED) is 0.596. The first-order chi connectivity index (χ1) is 10.6. The lowest BCUT2D eigenvalue weighted by atomic mass is 10.0. The number of aromatic amines is 1. The molecule has 0 fully saturated rings. The highest BCUT2D eigenvalue weighted by atomic mass is 28.3. The van der Waals surface area contributed by atoms with Crippen LogP contribution < -0.4 is 0 Å². The van der Waals surface area contributed by atoms with Crippen LogP contribution in [0, 0.1) is 0 Å². The van der Waals surface area contributed by atoms with Crippen molar-refractivity contribution in [3.63, 3.8) is 0 Å². The van der Waals surface area contributed by atoms with Gasteiger partial charge in [0.2, 0.25) is 0 Å². The summed E-state index contributed by atoms with van der Waals surface area (Å²) in [5, 5.41) is 0.563. The number of aldehydes is 1. The number of carbonyl (C=O) groups excluding carboxylic acids is 1. The third kappa shape index (κ3) is 4.45. The minimum atomic E-state index is -4.52. The number of hydrogen-bond donors (Lipinski definition) is 1. The van der Waals surface area contributed by atoms with Gasteiger partial charge in [-0.05, 0) is 29.8 Å². The average molecular weight is 343 g/mol. The lowest BCUT2D eigenvalue weighted by Gasteiger charge is -2.24. The molecule has 1 unspecified atom stereocenters. The fraction of sp³-hybridized carbons (Fsp3) is 0.438. The molecule has 7 heteroatoms. The zero-order valence-electron chi connectivity index (χ0n) is 13.3. The van der Waals surface area contributed by atoms with Gasteiger partial charge in [0.05, 0.1) is 5.52 Å². The van der Waals surface area contributed by atoms with Crippen LogP contribution in [-0.4, -0.2) is 32.1 Å². The monoisotopic (exact) mass is 343 g/mol. The molecule has 1 aromatic heterocycles. The molecule has 0 aliphatic carbocycles. The van der Waals surface area contributed by atoms with Gasteiger partial charge in [0, 0.05) is 31.8 Å². The number of hydrogen-bond acceptors (Lipinski definition) is 2. The molecule has 0 spiro atoms. The van der Waals surface area contributed by atoms with E-state index in [1.54, 1.807) is 12.3 Å². The standard InChI is InChI=1S/C16H20F3NO2Si/c1-23(2,3)7-6-22-15(16(17,18)19)12-8-11-4-5-20-14(11)13(9-12)10-21/h4-5,8-10,15,20H,6-7H2,1-3H3. The zero-order chi connectivity index (χ0) is 17.3. The molecule has 3 nitrogen and oxygen atoms in total. The number of ether oxygens (including phenoxy) is 1. The van der Waals surface area contributed by atoms with Crippen LogP contribution in [0.15, 0.2) is 24.4 Å². The van der Waals surface area contributed by atoms with E-state index in [0.717, 1.165) is 0 Å². The average Bonchev–Trinajstić information content (AvgIpc) is 2.88. The van der Waals surface area contributed by atoms with E-state index in [-0.39, 0.29) is 17.7 Å². The number of rotatable bonds is 6. The molecule has 0 aliphatic heterocycles. The van der Waals surface area contributed by atoms with Crippen molar-refractivity contribution in [1.29, 1.82) is 0 Å². The first kappa shape index (κ1) is 17.7. The lowest BCUT2D eigenvalue weighted by molar-refractivity contribution is -0.222. The van der Waals surface area contributed by atoms with Gasteiger partial charge in [0.1, 0.15) is 0 Å². The molecule has 2 aromatic rings. The van der Waals surface area contributed by atoms with E-state index < -0.39 is 20.4 Å². The smallest absolute Gasteiger partial charge is 0.364 e. The van der Waals surface area contributed by atoms with Gasteiger partial charge in [-0.2, -0.15) is 13.2 Å². The number of halogens is 3. The fourth-order valence-electron chi connectivity index (χ4n) is 2.33. The molecule has 0 amide bonds. The van der Waals surface area contributed by atoms with Crippen LogP contribution in [0.2, 0.25) is 25.7 Å². The van der Waals surface area contributed by atoms with E-state index in [4.69, 9.17) is 4.74 Å². The topological polar surface area (TPSA) is 42.1 Å². The second kappa shape index (κ2) is 6.49. The number of nitrogens with one attached hydrogen (secondary N) is 1. The number of alkyl halides is 3. The van der Waals surface area contributed by atoms with Crippen molar-refractivity contribution in [2.75, 3.05) is 6.61 Å². The fourth-order valence-corrected chi connectivity index (χ4v) is 3.06. The van der Waals surface area contributed by atoms with E-state index in [0.29, 0.717) is 23.2 Å². The molecule has 126 valence electrons. The van der Waals surface area contributed by atoms with Gasteiger partial charge in [-0.1, -0.05) is 19.6 Å². The van der Waals surface area contributed by atoms with Crippen LogP contribution in [0.3, 0.4) is 0 Å². The Balaban J connectivity index is 2.34. The molecule has 0 saturated heterocycles. The van der Waals surface area contributed by atoms with Crippen LogP contribution in [0.1, 0.15) is 22.0 Å². The number of carbonyl (C=O) groups is 1. The van der Waals surface area contributed by atoms with Gasteiger partial charge < -0.3 is 9.72 Å². The first-order valence-corrected chi connectivity index (χ1v) is 11.1. The maximum absolute atomic E-state index is 13.4. The van der Waals surface area contributed by atoms with Gasteiger partial charge in [0.15, 0.2) is 12.4 Å². The molecule has 23 heavy (non-hydrogen) atoms. The molecule has 0 bridgehead atoms. The maximum Gasteiger partial charge on any atom is 0.418 e. The van der Waals surface area contributed by atoms with Gasteiger partial charge in [-0.3, -0.25) is 4.79 Å². The minimum Gasteiger partial charge on any atom is -0.364 e. The van der Waals surface area contributed by atoms with Crippen molar-refractivity contribution in [2.45, 2.75) is 38.0 Å². The summed E-state index contributed by atoms with van der Waals surface area (Å²) in [7, 11) is -1.49. The van der Waals surface area contributed by atoms with E-state index in [1.807, 2.05) is 0 Å². The highest BCUT2D eigenvalue weighted by Gasteiger charge is 2.42. The Hall–Kier alpha value is -1.60. The third-order valence-electron chi connectivity index (χ3n) is 3.58. The molecule has 0 aliphatic rings. The molecule has 1 aromatic carbocycles. The Kier molecular flexibility index (Phi) is 5.00. The Morgan fingerprint density at radius 1 is 1.30 bits per heavy atom. The molecular formula is C16H20F3NO2Si. The Bertz CT molecular complexity index is 689. The largest absolute Gasteiger partial charge is 0.418 e. The summed E-state index contributed by atoms with van der Waals surface area (Å²) < 4.78 is 45.3. The second-order valence-electron chi connectivity index (χ2n) is 6.77. The first-order valence-electron chi connectivity index (χ1n) is 7.36. The highest BCUT2D eigenvalue weighted by molar-refractivity contribution is 6.76. The van der Waals surface area contributed by atoms with Crippen molar-refractivity contribution < 1.29 is 22.7 Å². The van der Waals surface area contributed by atoms with Gasteiger partial charge in [0.25, 0.3) is 0 Å². The van der Waals surface area contributed by atoms with Crippen molar-refractivity contribution in [3.8, 4) is 0 Å². The number of fused-ring (bicyclic) bond motifs is 1. The van der Waals surface area contributed by atoms with E-state index >= 15 is 0 Å². The number of benzene rings is 1. The second-order valence-corrected chi connectivity index (χ2v) is 12.4. The van der Waals surface area contributed by atoms with Crippen LogP contribution in [-0.2, 0) is 4.74 Å². The third-order valence-corrected chi connectivity index (χ3v) is 5.28. The molecular weight excluding hydrogens is 323 g/mol. The van der Waals surface area contributed by atoms with E-state index in [9.17, 15) is 18.0 Å². The number of aromatic nitrogens is 1. The van der Waals surface area contributed by atoms with Gasteiger partial charge in [-0.15, -0.1) is 0 Å². The summed E-state index contributed by atoms with van der Waals surface area (Å²) in [6.07, 6.45) is -4.39. The van der Waals surface area contributed by atoms with Crippen molar-refractivity contribution in [2.24, 2.45) is 0 Å². The summed E-state index contributed by atoms with van der Waals surface area (Å²) in [5.74, 6) is 0. The van der Waals surface area contributed by atoms with E-state index in [1.165, 1.54) is 12.1 Å². The van der Waals surface area contributed by atoms with Crippen molar-refractivity contribution in [3.05, 3.63) is 35.5 Å². The summed E-state index contributed by atoms with van der Waals surface area (Å²) in [4.78, 5) is 14.0. The normalized spacial score (nSPS) is 14.2. The molecule has 1 atom stereocenters. The predicted octanol–water partition coefficient (Wildman–Crippen LogP) is 4.94. The Morgan fingerprint density at radius 2 is 2.00 bits per heavy atom. The Labute approximate surface area is 133 Å².